The van der Waals surface area contributed by atoms with Crippen LogP contribution in [0.25, 0.3) is 10.1 Å². The van der Waals surface area contributed by atoms with Crippen LogP contribution >= 0.6 is 11.3 Å². The van der Waals surface area contributed by atoms with E-state index in [1.165, 1.54) is 0 Å². The fraction of sp³-hybridized carbons (Fsp3) is 0.111. The molecule has 1 nitrogen and oxygen atoms in total. The summed E-state index contributed by atoms with van der Waals surface area (Å²) < 4.78 is 37.8. The Labute approximate surface area is 81.4 Å². The van der Waals surface area contributed by atoms with Gasteiger partial charge in [-0.25, -0.2) is 8.78 Å². The molecule has 0 saturated heterocycles. The summed E-state index contributed by atoms with van der Waals surface area (Å²) in [4.78, 5) is 0. The minimum absolute atomic E-state index is 0.109. The van der Waals surface area contributed by atoms with Gasteiger partial charge in [-0.1, -0.05) is 0 Å². The molecule has 1 heterocycles. The van der Waals surface area contributed by atoms with Crippen molar-refractivity contribution in [2.75, 3.05) is 0 Å². The number of benzene rings is 1. The molecule has 1 N–H and O–H groups in total. The van der Waals surface area contributed by atoms with Crippen molar-refractivity contribution in [3.8, 4) is 5.75 Å². The number of hydrogen-bond donors (Lipinski definition) is 1. The number of phenols is 1. The van der Waals surface area contributed by atoms with Crippen molar-refractivity contribution < 1.29 is 18.3 Å². The molecule has 0 aliphatic rings. The molecule has 2 rings (SSSR count). The van der Waals surface area contributed by atoms with Crippen LogP contribution in [0.5, 0.6) is 5.75 Å². The van der Waals surface area contributed by atoms with Crippen LogP contribution in [-0.2, 0) is 0 Å². The number of halogens is 3. The third-order valence-electron chi connectivity index (χ3n) is 1.90. The van der Waals surface area contributed by atoms with Crippen LogP contribution in [0.15, 0.2) is 18.2 Å². The number of rotatable bonds is 1. The van der Waals surface area contributed by atoms with E-state index in [9.17, 15) is 18.3 Å². The van der Waals surface area contributed by atoms with Gasteiger partial charge in [0.25, 0.3) is 6.43 Å². The van der Waals surface area contributed by atoms with Gasteiger partial charge in [-0.2, -0.15) is 4.39 Å². The molecule has 0 bridgehead atoms. The molecule has 74 valence electrons. The van der Waals surface area contributed by atoms with Gasteiger partial charge in [-0.05, 0) is 18.2 Å². The van der Waals surface area contributed by atoms with Gasteiger partial charge in [0, 0.05) is 15.6 Å². The zero-order valence-electron chi connectivity index (χ0n) is 6.80. The summed E-state index contributed by atoms with van der Waals surface area (Å²) in [5.74, 6) is -0.176. The monoisotopic (exact) mass is 218 g/mol. The smallest absolute Gasteiger partial charge is 0.265 e. The molecule has 5 heteroatoms. The standard InChI is InChI=1S/C9H5F3OS/c10-7-3-5-6(13)2-1-4(9(11)12)8(5)14-7/h1-3,9,13H. The van der Waals surface area contributed by atoms with Crippen LogP contribution in [0.4, 0.5) is 13.2 Å². The molecule has 0 atom stereocenters. The summed E-state index contributed by atoms with van der Waals surface area (Å²) in [7, 11) is 0. The number of fused-ring (bicyclic) bond motifs is 1. The van der Waals surface area contributed by atoms with Gasteiger partial charge in [-0.3, -0.25) is 0 Å². The van der Waals surface area contributed by atoms with Crippen LogP contribution < -0.4 is 0 Å². The summed E-state index contributed by atoms with van der Waals surface area (Å²) >= 11 is 0.615. The number of thiophene rings is 1. The van der Waals surface area contributed by atoms with E-state index >= 15 is 0 Å². The Morgan fingerprint density at radius 3 is 2.64 bits per heavy atom. The highest BCUT2D eigenvalue weighted by Crippen LogP contribution is 2.37. The lowest BCUT2D eigenvalue weighted by Gasteiger charge is -2.01. The molecule has 1 aromatic heterocycles. The maximum atomic E-state index is 12.8. The van der Waals surface area contributed by atoms with Crippen molar-refractivity contribution in [1.82, 2.24) is 0 Å². The quantitative estimate of drug-likeness (QED) is 0.774. The molecule has 0 aliphatic carbocycles. The SMILES string of the molecule is Oc1ccc(C(F)F)c2sc(F)cc12. The molecule has 0 fully saturated rings. The maximum Gasteiger partial charge on any atom is 0.265 e. The van der Waals surface area contributed by atoms with Crippen LogP contribution in [0.1, 0.15) is 12.0 Å². The summed E-state index contributed by atoms with van der Waals surface area (Å²) in [6.07, 6.45) is -2.66. The van der Waals surface area contributed by atoms with Gasteiger partial charge in [0.2, 0.25) is 0 Å². The lowest BCUT2D eigenvalue weighted by molar-refractivity contribution is 0.153. The molecule has 0 saturated carbocycles. The lowest BCUT2D eigenvalue weighted by Crippen LogP contribution is -1.83. The van der Waals surface area contributed by atoms with Gasteiger partial charge in [0.05, 0.1) is 0 Å². The second kappa shape index (κ2) is 3.16. The van der Waals surface area contributed by atoms with Gasteiger partial charge in [0.1, 0.15) is 5.75 Å². The zero-order chi connectivity index (χ0) is 10.3. The fourth-order valence-electron chi connectivity index (χ4n) is 1.27. The predicted octanol–water partition coefficient (Wildman–Crippen LogP) is 3.68. The Bertz CT molecular complexity index is 478. The minimum Gasteiger partial charge on any atom is -0.507 e. The number of alkyl halides is 2. The summed E-state index contributed by atoms with van der Waals surface area (Å²) in [6, 6.07) is 3.31. The topological polar surface area (TPSA) is 20.2 Å². The second-order valence-corrected chi connectivity index (χ2v) is 3.77. The van der Waals surface area contributed by atoms with Gasteiger partial charge < -0.3 is 5.11 Å². The zero-order valence-corrected chi connectivity index (χ0v) is 7.62. The number of phenolic OH excluding ortho intramolecular Hbond substituents is 1. The van der Waals surface area contributed by atoms with E-state index in [0.29, 0.717) is 11.3 Å². The number of hydrogen-bond acceptors (Lipinski definition) is 2. The van der Waals surface area contributed by atoms with Crippen molar-refractivity contribution in [2.24, 2.45) is 0 Å². The van der Waals surface area contributed by atoms with E-state index in [1.54, 1.807) is 0 Å². The highest BCUT2D eigenvalue weighted by molar-refractivity contribution is 7.17. The molecular formula is C9H5F3OS. The first-order valence-electron chi connectivity index (χ1n) is 3.78. The predicted molar refractivity (Wildman–Crippen MR) is 48.4 cm³/mol. The molecule has 0 radical (unpaired) electrons. The molecule has 14 heavy (non-hydrogen) atoms. The summed E-state index contributed by atoms with van der Waals surface area (Å²) in [6.45, 7) is 0. The van der Waals surface area contributed by atoms with Crippen LogP contribution in [0, 0.1) is 5.13 Å². The van der Waals surface area contributed by atoms with E-state index in [-0.39, 0.29) is 21.4 Å². The third kappa shape index (κ3) is 1.33. The summed E-state index contributed by atoms with van der Waals surface area (Å²) in [5.41, 5.74) is -0.244. The molecule has 0 unspecified atom stereocenters. The summed E-state index contributed by atoms with van der Waals surface area (Å²) in [5, 5.41) is 8.85. The Morgan fingerprint density at radius 2 is 2.00 bits per heavy atom. The molecule has 0 amide bonds. The van der Waals surface area contributed by atoms with Crippen LogP contribution in [-0.4, -0.2) is 5.11 Å². The Balaban J connectivity index is 2.81. The average molecular weight is 218 g/mol. The maximum absolute atomic E-state index is 12.8. The lowest BCUT2D eigenvalue weighted by atomic mass is 10.1. The van der Waals surface area contributed by atoms with Crippen molar-refractivity contribution >= 4 is 21.4 Å². The van der Waals surface area contributed by atoms with Gasteiger partial charge in [-0.15, -0.1) is 11.3 Å². The molecule has 0 spiro atoms. The van der Waals surface area contributed by atoms with Gasteiger partial charge in [0.15, 0.2) is 5.13 Å². The first-order chi connectivity index (χ1) is 6.59. The number of aromatic hydroxyl groups is 1. The van der Waals surface area contributed by atoms with E-state index in [0.717, 1.165) is 18.2 Å². The first-order valence-corrected chi connectivity index (χ1v) is 4.60. The fourth-order valence-corrected chi connectivity index (χ4v) is 2.19. The van der Waals surface area contributed by atoms with Crippen LogP contribution in [0.3, 0.4) is 0 Å². The van der Waals surface area contributed by atoms with Crippen molar-refractivity contribution in [3.63, 3.8) is 0 Å². The van der Waals surface area contributed by atoms with E-state index in [2.05, 4.69) is 0 Å². The van der Waals surface area contributed by atoms with Crippen molar-refractivity contribution in [1.29, 1.82) is 0 Å². The normalized spacial score (nSPS) is 11.4. The third-order valence-corrected chi connectivity index (χ3v) is 2.87. The van der Waals surface area contributed by atoms with Crippen molar-refractivity contribution in [3.05, 3.63) is 28.9 Å². The molecule has 2 aromatic rings. The van der Waals surface area contributed by atoms with Gasteiger partial charge >= 0.3 is 0 Å². The first kappa shape index (κ1) is 9.33. The minimum atomic E-state index is -2.66. The van der Waals surface area contributed by atoms with E-state index < -0.39 is 11.6 Å². The largest absolute Gasteiger partial charge is 0.507 e. The Morgan fingerprint density at radius 1 is 1.29 bits per heavy atom. The highest BCUT2D eigenvalue weighted by Gasteiger charge is 2.16. The Kier molecular flexibility index (Phi) is 2.11. The molecule has 1 aromatic carbocycles. The van der Waals surface area contributed by atoms with Crippen LogP contribution in [0.2, 0.25) is 0 Å². The van der Waals surface area contributed by atoms with E-state index in [4.69, 9.17) is 0 Å². The van der Waals surface area contributed by atoms with E-state index in [1.807, 2.05) is 0 Å². The highest BCUT2D eigenvalue weighted by atomic mass is 32.1. The average Bonchev–Trinajstić information content (AvgIpc) is 2.47. The molecular weight excluding hydrogens is 213 g/mol. The van der Waals surface area contributed by atoms with Crippen molar-refractivity contribution in [2.45, 2.75) is 6.43 Å². The molecule has 0 aliphatic heterocycles. The Hall–Kier alpha value is -1.23. The second-order valence-electron chi connectivity index (χ2n) is 2.77.